The normalized spacial score (nSPS) is 15.3. The predicted molar refractivity (Wildman–Crippen MR) is 169 cm³/mol. The number of aromatic nitrogens is 5. The fourth-order valence-corrected chi connectivity index (χ4v) is 5.47. The summed E-state index contributed by atoms with van der Waals surface area (Å²) in [6.07, 6.45) is 3.59. The van der Waals surface area contributed by atoms with Crippen LogP contribution >= 0.6 is 0 Å². The van der Waals surface area contributed by atoms with E-state index < -0.39 is 6.10 Å². The average Bonchev–Trinajstić information content (AvgIpc) is 3.42. The number of nitrogens with zero attached hydrogens (tertiary/aromatic N) is 4. The lowest BCUT2D eigenvalue weighted by Crippen LogP contribution is -2.17. The Morgan fingerprint density at radius 1 is 0.837 bits per heavy atom. The highest BCUT2D eigenvalue weighted by molar-refractivity contribution is 5.95. The van der Waals surface area contributed by atoms with Gasteiger partial charge in [0.2, 0.25) is 0 Å². The molecule has 0 aliphatic carbocycles. The fraction of sp³-hybridized carbons (Fsp3) is 0.176. The second kappa shape index (κ2) is 10.9. The number of hydrogen-bond acceptors (Lipinski definition) is 7. The van der Waals surface area contributed by atoms with Crippen LogP contribution in [-0.2, 0) is 4.74 Å². The quantitative estimate of drug-likeness (QED) is 0.185. The minimum atomic E-state index is -0.528. The van der Waals surface area contributed by atoms with Crippen molar-refractivity contribution in [1.29, 1.82) is 0 Å². The van der Waals surface area contributed by atoms with Crippen LogP contribution in [0.15, 0.2) is 85.0 Å². The molecule has 1 aliphatic heterocycles. The van der Waals surface area contributed by atoms with Gasteiger partial charge >= 0.3 is 0 Å². The van der Waals surface area contributed by atoms with Gasteiger partial charge in [-0.3, -0.25) is 15.0 Å². The lowest BCUT2D eigenvalue weighted by atomic mass is 9.96. The lowest BCUT2D eigenvalue weighted by Gasteiger charge is -2.22. The van der Waals surface area contributed by atoms with Crippen LogP contribution in [0.3, 0.4) is 0 Å². The Morgan fingerprint density at radius 3 is 2.51 bits per heavy atom. The van der Waals surface area contributed by atoms with E-state index in [-0.39, 0.29) is 5.83 Å². The van der Waals surface area contributed by atoms with E-state index in [9.17, 15) is 4.39 Å². The second-order valence-corrected chi connectivity index (χ2v) is 10.8. The van der Waals surface area contributed by atoms with Gasteiger partial charge in [0, 0.05) is 40.0 Å². The molecule has 4 aromatic heterocycles. The van der Waals surface area contributed by atoms with Crippen molar-refractivity contribution in [1.82, 2.24) is 24.9 Å². The molecule has 0 fully saturated rings. The molecule has 0 spiro atoms. The van der Waals surface area contributed by atoms with Crippen LogP contribution in [0.2, 0.25) is 0 Å². The summed E-state index contributed by atoms with van der Waals surface area (Å²) in [7, 11) is 0. The number of halogens is 1. The predicted octanol–water partition coefficient (Wildman–Crippen LogP) is 8.16. The van der Waals surface area contributed by atoms with Crippen molar-refractivity contribution in [2.24, 2.45) is 0 Å². The number of ether oxygens (including phenoxy) is 1. The van der Waals surface area contributed by atoms with Crippen molar-refractivity contribution in [3.8, 4) is 11.5 Å². The molecule has 0 bridgehead atoms. The van der Waals surface area contributed by atoms with Crippen LogP contribution in [0.4, 0.5) is 27.1 Å². The zero-order chi connectivity index (χ0) is 29.5. The van der Waals surface area contributed by atoms with Crippen molar-refractivity contribution >= 4 is 50.3 Å². The molecule has 0 saturated heterocycles. The second-order valence-electron chi connectivity index (χ2n) is 10.8. The molecular formula is C34H30FN7O. The number of imidazole rings is 1. The minimum absolute atomic E-state index is 0.207. The highest BCUT2D eigenvalue weighted by atomic mass is 19.1. The van der Waals surface area contributed by atoms with E-state index in [0.29, 0.717) is 24.4 Å². The summed E-state index contributed by atoms with van der Waals surface area (Å²) in [5.41, 5.74) is 10.4. The summed E-state index contributed by atoms with van der Waals surface area (Å²) in [5.74, 6) is 0.483. The lowest BCUT2D eigenvalue weighted by molar-refractivity contribution is 0.0696. The molecule has 9 heteroatoms. The molecule has 214 valence electrons. The van der Waals surface area contributed by atoms with Gasteiger partial charge < -0.3 is 20.4 Å². The molecule has 1 atom stereocenters. The molecule has 2 aromatic carbocycles. The molecule has 5 heterocycles. The van der Waals surface area contributed by atoms with Crippen molar-refractivity contribution in [2.75, 3.05) is 17.2 Å². The first kappa shape index (κ1) is 26.7. The van der Waals surface area contributed by atoms with E-state index in [4.69, 9.17) is 14.7 Å². The third-order valence-electron chi connectivity index (χ3n) is 7.60. The van der Waals surface area contributed by atoms with Crippen LogP contribution < -0.4 is 10.6 Å². The van der Waals surface area contributed by atoms with Crippen molar-refractivity contribution < 1.29 is 9.13 Å². The van der Waals surface area contributed by atoms with Crippen LogP contribution in [0.5, 0.6) is 0 Å². The molecule has 1 aliphatic rings. The monoisotopic (exact) mass is 571 g/mol. The van der Waals surface area contributed by atoms with Crippen LogP contribution in [-0.4, -0.2) is 37.6 Å². The summed E-state index contributed by atoms with van der Waals surface area (Å²) in [6.45, 7) is 6.18. The maximum Gasteiger partial charge on any atom is 0.157 e. The van der Waals surface area contributed by atoms with Gasteiger partial charge in [0.15, 0.2) is 5.82 Å². The molecule has 0 saturated carbocycles. The van der Waals surface area contributed by atoms with Gasteiger partial charge in [-0.25, -0.2) is 9.37 Å². The van der Waals surface area contributed by atoms with Gasteiger partial charge in [-0.05, 0) is 99.0 Å². The Balaban J connectivity index is 1.14. The molecule has 8 nitrogen and oxygen atoms in total. The number of aromatic amines is 1. The van der Waals surface area contributed by atoms with E-state index in [1.165, 1.54) is 0 Å². The van der Waals surface area contributed by atoms with Crippen LogP contribution in [0.1, 0.15) is 30.3 Å². The molecule has 43 heavy (non-hydrogen) atoms. The van der Waals surface area contributed by atoms with Crippen molar-refractivity contribution in [2.45, 2.75) is 33.3 Å². The number of nitrogens with one attached hydrogen (secondary N) is 3. The van der Waals surface area contributed by atoms with Gasteiger partial charge in [-0.1, -0.05) is 6.07 Å². The Hall–Kier alpha value is -5.15. The molecular weight excluding hydrogens is 541 g/mol. The molecule has 6 aromatic rings. The first-order chi connectivity index (χ1) is 20.9. The van der Waals surface area contributed by atoms with Gasteiger partial charge in [-0.2, -0.15) is 0 Å². The zero-order valence-electron chi connectivity index (χ0n) is 24.1. The molecule has 0 amide bonds. The number of H-pyrrole nitrogens is 1. The van der Waals surface area contributed by atoms with Crippen molar-refractivity contribution in [3.63, 3.8) is 0 Å². The number of hydrogen-bond donors (Lipinski definition) is 3. The maximum absolute atomic E-state index is 14.9. The number of benzene rings is 2. The summed E-state index contributed by atoms with van der Waals surface area (Å²) >= 11 is 0. The smallest absolute Gasteiger partial charge is 0.157 e. The summed E-state index contributed by atoms with van der Waals surface area (Å²) < 4.78 is 20.4. The van der Waals surface area contributed by atoms with E-state index >= 15 is 0 Å². The SMILES string of the molecule is Cc1cc(Nc2ccc3nc(-c4ccc(Nc5cc(C)nc6ccc(C7=C(F)[C@H](C)OCC7)cc56)cn4)[nH]c3c2)ccn1. The molecule has 7 rings (SSSR count). The fourth-order valence-electron chi connectivity index (χ4n) is 5.47. The third-order valence-corrected chi connectivity index (χ3v) is 7.60. The van der Waals surface area contributed by atoms with E-state index in [1.807, 2.05) is 80.6 Å². The molecule has 3 N–H and O–H groups in total. The zero-order valence-corrected chi connectivity index (χ0v) is 24.1. The Bertz CT molecular complexity index is 2020. The topological polar surface area (TPSA) is 101 Å². The maximum atomic E-state index is 14.9. The van der Waals surface area contributed by atoms with E-state index in [1.54, 1.807) is 19.3 Å². The standard InChI is InChI=1S/C34H30FN7O/c1-19-14-24(10-12-36-19)39-23-5-8-29-32(17-23)42-34(41-29)30-9-6-25(18-37-30)40-31-15-20(2)38-28-7-4-22(16-27(28)31)26-11-13-43-21(3)33(26)35/h4-10,12,14-18,21H,11,13H2,1-3H3,(H,36,39)(H,38,40)(H,41,42)/t21-/m0/s1. The Kier molecular flexibility index (Phi) is 6.79. The highest BCUT2D eigenvalue weighted by Gasteiger charge is 2.22. The van der Waals surface area contributed by atoms with E-state index in [2.05, 4.69) is 25.6 Å². The van der Waals surface area contributed by atoms with Crippen LogP contribution in [0.25, 0.3) is 39.0 Å². The average molecular weight is 572 g/mol. The summed E-state index contributed by atoms with van der Waals surface area (Å²) in [5, 5.41) is 7.83. The number of fused-ring (bicyclic) bond motifs is 2. The van der Waals surface area contributed by atoms with Crippen LogP contribution in [0, 0.1) is 13.8 Å². The van der Waals surface area contributed by atoms with Crippen molar-refractivity contribution in [3.05, 3.63) is 102 Å². The van der Waals surface area contributed by atoms with Gasteiger partial charge in [0.1, 0.15) is 17.6 Å². The molecule has 0 unspecified atom stereocenters. The number of aryl methyl sites for hydroxylation is 2. The third kappa shape index (κ3) is 5.42. The first-order valence-corrected chi connectivity index (χ1v) is 14.2. The Labute approximate surface area is 248 Å². The van der Waals surface area contributed by atoms with Gasteiger partial charge in [0.25, 0.3) is 0 Å². The number of anilines is 4. The van der Waals surface area contributed by atoms with Gasteiger partial charge in [-0.15, -0.1) is 0 Å². The highest BCUT2D eigenvalue weighted by Crippen LogP contribution is 2.35. The molecule has 0 radical (unpaired) electrons. The van der Waals surface area contributed by atoms with Gasteiger partial charge in [0.05, 0.1) is 35.0 Å². The first-order valence-electron chi connectivity index (χ1n) is 14.2. The minimum Gasteiger partial charge on any atom is -0.371 e. The number of rotatable bonds is 6. The summed E-state index contributed by atoms with van der Waals surface area (Å²) in [4.78, 5) is 21.8. The largest absolute Gasteiger partial charge is 0.371 e. The van der Waals surface area contributed by atoms with E-state index in [0.717, 1.165) is 67.3 Å². The summed E-state index contributed by atoms with van der Waals surface area (Å²) in [6, 6.07) is 21.8. The Morgan fingerprint density at radius 2 is 1.67 bits per heavy atom. The number of pyridine rings is 3.